The Morgan fingerprint density at radius 1 is 1.29 bits per heavy atom. The Balaban J connectivity index is 2.20. The summed E-state index contributed by atoms with van der Waals surface area (Å²) in [4.78, 5) is 6.17. The highest BCUT2D eigenvalue weighted by Gasteiger charge is 2.07. The van der Waals surface area contributed by atoms with E-state index in [2.05, 4.69) is 37.9 Å². The minimum Gasteiger partial charge on any atom is -0.384 e. The van der Waals surface area contributed by atoms with Crippen molar-refractivity contribution in [2.45, 2.75) is 6.54 Å². The summed E-state index contributed by atoms with van der Waals surface area (Å²) in [7, 11) is 2.03. The fourth-order valence-corrected chi connectivity index (χ4v) is 2.20. The Bertz CT molecular complexity index is 499. The molecule has 1 heterocycles. The van der Waals surface area contributed by atoms with Crippen molar-refractivity contribution in [1.82, 2.24) is 4.98 Å². The smallest absolute Gasteiger partial charge is 0.125 e. The molecule has 0 aliphatic rings. The first-order valence-electron chi connectivity index (χ1n) is 5.33. The predicted octanol–water partition coefficient (Wildman–Crippen LogP) is 3.06. The number of nitrogen functional groups attached to an aromatic ring is 1. The van der Waals surface area contributed by atoms with Crippen LogP contribution in [0.25, 0.3) is 0 Å². The number of hydrogen-bond acceptors (Lipinski definition) is 3. The van der Waals surface area contributed by atoms with Crippen LogP contribution in [-0.2, 0) is 6.54 Å². The van der Waals surface area contributed by atoms with E-state index in [0.717, 1.165) is 16.7 Å². The molecule has 0 spiro atoms. The Kier molecular flexibility index (Phi) is 3.64. The highest BCUT2D eigenvalue weighted by molar-refractivity contribution is 9.10. The van der Waals surface area contributed by atoms with Gasteiger partial charge in [0.15, 0.2) is 0 Å². The third-order valence-corrected chi connectivity index (χ3v) is 3.14. The second-order valence-corrected chi connectivity index (χ2v) is 4.76. The highest BCUT2D eigenvalue weighted by Crippen LogP contribution is 2.27. The molecule has 0 fully saturated rings. The zero-order valence-corrected chi connectivity index (χ0v) is 11.2. The molecule has 0 radical (unpaired) electrons. The third-order valence-electron chi connectivity index (χ3n) is 2.53. The fourth-order valence-electron chi connectivity index (χ4n) is 1.68. The molecule has 2 rings (SSSR count). The van der Waals surface area contributed by atoms with E-state index in [0.29, 0.717) is 5.82 Å². The van der Waals surface area contributed by atoms with Gasteiger partial charge >= 0.3 is 0 Å². The maximum Gasteiger partial charge on any atom is 0.125 e. The number of nitrogens with two attached hydrogens (primary N) is 1. The third kappa shape index (κ3) is 2.97. The van der Waals surface area contributed by atoms with E-state index in [4.69, 9.17) is 5.73 Å². The van der Waals surface area contributed by atoms with Gasteiger partial charge in [0.1, 0.15) is 5.82 Å². The fraction of sp³-hybridized carbons (Fsp3) is 0.154. The molecule has 1 aromatic heterocycles. The van der Waals surface area contributed by atoms with Crippen LogP contribution in [0.5, 0.6) is 0 Å². The lowest BCUT2D eigenvalue weighted by Gasteiger charge is -2.20. The van der Waals surface area contributed by atoms with Crippen molar-refractivity contribution in [2.75, 3.05) is 17.7 Å². The molecule has 0 amide bonds. The number of pyridine rings is 1. The molecule has 0 saturated carbocycles. The van der Waals surface area contributed by atoms with Crippen LogP contribution >= 0.6 is 15.9 Å². The second-order valence-electron chi connectivity index (χ2n) is 3.90. The van der Waals surface area contributed by atoms with Gasteiger partial charge < -0.3 is 10.6 Å². The van der Waals surface area contributed by atoms with Crippen molar-refractivity contribution in [3.63, 3.8) is 0 Å². The van der Waals surface area contributed by atoms with Gasteiger partial charge in [-0.05, 0) is 21.5 Å². The Morgan fingerprint density at radius 3 is 2.71 bits per heavy atom. The van der Waals surface area contributed by atoms with Gasteiger partial charge in [0.2, 0.25) is 0 Å². The van der Waals surface area contributed by atoms with Crippen LogP contribution in [0.3, 0.4) is 0 Å². The van der Waals surface area contributed by atoms with Crippen molar-refractivity contribution in [3.8, 4) is 0 Å². The van der Waals surface area contributed by atoms with Gasteiger partial charge in [-0.2, -0.15) is 0 Å². The monoisotopic (exact) mass is 291 g/mol. The summed E-state index contributed by atoms with van der Waals surface area (Å²) in [6.07, 6.45) is 1.73. The quantitative estimate of drug-likeness (QED) is 0.945. The first-order valence-corrected chi connectivity index (χ1v) is 6.12. The van der Waals surface area contributed by atoms with Crippen molar-refractivity contribution in [3.05, 3.63) is 52.6 Å². The molecule has 2 aromatic rings. The first-order chi connectivity index (χ1) is 8.16. The number of nitrogens with zero attached hydrogens (tertiary/aromatic N) is 2. The van der Waals surface area contributed by atoms with Crippen LogP contribution in [0.15, 0.2) is 47.1 Å². The van der Waals surface area contributed by atoms with Gasteiger partial charge in [0.05, 0.1) is 10.2 Å². The summed E-state index contributed by atoms with van der Waals surface area (Å²) < 4.78 is 0.949. The van der Waals surface area contributed by atoms with Crippen LogP contribution in [0.2, 0.25) is 0 Å². The molecule has 1 aromatic carbocycles. The Morgan fingerprint density at radius 2 is 2.00 bits per heavy atom. The Labute approximate surface area is 109 Å². The van der Waals surface area contributed by atoms with Crippen molar-refractivity contribution in [1.29, 1.82) is 0 Å². The van der Waals surface area contributed by atoms with Crippen LogP contribution in [0.4, 0.5) is 11.5 Å². The molecule has 0 bridgehead atoms. The van der Waals surface area contributed by atoms with Crippen molar-refractivity contribution >= 4 is 27.4 Å². The maximum atomic E-state index is 5.70. The number of rotatable bonds is 3. The molecule has 4 heteroatoms. The van der Waals surface area contributed by atoms with E-state index in [9.17, 15) is 0 Å². The number of hydrogen-bond donors (Lipinski definition) is 1. The van der Waals surface area contributed by atoms with E-state index in [1.807, 2.05) is 31.3 Å². The van der Waals surface area contributed by atoms with Gasteiger partial charge in [-0.15, -0.1) is 0 Å². The molecule has 17 heavy (non-hydrogen) atoms. The van der Waals surface area contributed by atoms with E-state index in [-0.39, 0.29) is 0 Å². The number of halogens is 1. The molecule has 0 aliphatic heterocycles. The van der Waals surface area contributed by atoms with Crippen LogP contribution in [0.1, 0.15) is 5.56 Å². The zero-order chi connectivity index (χ0) is 12.3. The molecule has 2 N–H and O–H groups in total. The lowest BCUT2D eigenvalue weighted by Crippen LogP contribution is -2.17. The molecule has 0 saturated heterocycles. The molecule has 0 aliphatic carbocycles. The van der Waals surface area contributed by atoms with Gasteiger partial charge in [-0.1, -0.05) is 30.3 Å². The first kappa shape index (κ1) is 11.9. The minimum atomic E-state index is 0.531. The summed E-state index contributed by atoms with van der Waals surface area (Å²) in [5, 5.41) is 0. The standard InChI is InChI=1S/C13H14BrN3/c1-17(9-10-5-3-2-4-6-10)12-7-13(15)16-8-11(12)14/h2-8H,9H2,1H3,(H2,15,16). The summed E-state index contributed by atoms with van der Waals surface area (Å²) in [5.41, 5.74) is 8.00. The van der Waals surface area contributed by atoms with Crippen LogP contribution < -0.4 is 10.6 Å². The topological polar surface area (TPSA) is 42.1 Å². The Hall–Kier alpha value is -1.55. The van der Waals surface area contributed by atoms with E-state index < -0.39 is 0 Å². The maximum absolute atomic E-state index is 5.70. The van der Waals surface area contributed by atoms with Crippen LogP contribution in [0, 0.1) is 0 Å². The number of aromatic nitrogens is 1. The summed E-state index contributed by atoms with van der Waals surface area (Å²) in [6, 6.07) is 12.2. The van der Waals surface area contributed by atoms with Crippen molar-refractivity contribution < 1.29 is 0 Å². The van der Waals surface area contributed by atoms with E-state index in [1.165, 1.54) is 5.56 Å². The average molecular weight is 292 g/mol. The highest BCUT2D eigenvalue weighted by atomic mass is 79.9. The van der Waals surface area contributed by atoms with Crippen LogP contribution in [-0.4, -0.2) is 12.0 Å². The average Bonchev–Trinajstić information content (AvgIpc) is 2.33. The SMILES string of the molecule is CN(Cc1ccccc1)c1cc(N)ncc1Br. The summed E-state index contributed by atoms with van der Waals surface area (Å²) in [6.45, 7) is 0.836. The summed E-state index contributed by atoms with van der Waals surface area (Å²) >= 11 is 3.48. The lowest BCUT2D eigenvalue weighted by molar-refractivity contribution is 0.918. The molecule has 0 atom stereocenters. The van der Waals surface area contributed by atoms with E-state index >= 15 is 0 Å². The summed E-state index contributed by atoms with van der Waals surface area (Å²) in [5.74, 6) is 0.531. The molecular weight excluding hydrogens is 278 g/mol. The normalized spacial score (nSPS) is 10.2. The van der Waals surface area contributed by atoms with E-state index in [1.54, 1.807) is 6.20 Å². The van der Waals surface area contributed by atoms with Gasteiger partial charge in [0, 0.05) is 25.9 Å². The van der Waals surface area contributed by atoms with Gasteiger partial charge in [0.25, 0.3) is 0 Å². The molecular formula is C13H14BrN3. The molecule has 0 unspecified atom stereocenters. The predicted molar refractivity (Wildman–Crippen MR) is 74.9 cm³/mol. The lowest BCUT2D eigenvalue weighted by atomic mass is 10.2. The van der Waals surface area contributed by atoms with Crippen molar-refractivity contribution in [2.24, 2.45) is 0 Å². The second kappa shape index (κ2) is 5.19. The molecule has 3 nitrogen and oxygen atoms in total. The number of anilines is 2. The van der Waals surface area contributed by atoms with Gasteiger partial charge in [-0.3, -0.25) is 0 Å². The zero-order valence-electron chi connectivity index (χ0n) is 9.60. The molecule has 88 valence electrons. The number of benzene rings is 1. The largest absolute Gasteiger partial charge is 0.384 e. The minimum absolute atomic E-state index is 0.531. The van der Waals surface area contributed by atoms with Gasteiger partial charge in [-0.25, -0.2) is 4.98 Å².